The first-order valence-corrected chi connectivity index (χ1v) is 9.16. The van der Waals surface area contributed by atoms with Crippen LogP contribution in [0.4, 0.5) is 10.1 Å². The second-order valence-electron chi connectivity index (χ2n) is 5.56. The Balaban J connectivity index is 1.73. The molecule has 7 heteroatoms. The molecule has 0 saturated heterocycles. The van der Waals surface area contributed by atoms with Crippen LogP contribution in [0.1, 0.15) is 21.6 Å². The van der Waals surface area contributed by atoms with Gasteiger partial charge in [-0.25, -0.2) is 14.4 Å². The number of amides is 1. The summed E-state index contributed by atoms with van der Waals surface area (Å²) in [4.78, 5) is 20.7. The van der Waals surface area contributed by atoms with Gasteiger partial charge in [-0.15, -0.1) is 0 Å². The number of hydrogen-bond donors (Lipinski definition) is 1. The second kappa shape index (κ2) is 8.29. The number of aromatic nitrogens is 2. The lowest BCUT2D eigenvalue weighted by atomic mass is 10.2. The predicted octanol–water partition coefficient (Wildman–Crippen LogP) is 5.12. The third kappa shape index (κ3) is 4.59. The molecule has 0 aliphatic carbocycles. The van der Waals surface area contributed by atoms with Crippen molar-refractivity contribution in [2.75, 3.05) is 5.32 Å². The Morgan fingerprint density at radius 1 is 1.19 bits per heavy atom. The summed E-state index contributed by atoms with van der Waals surface area (Å²) in [6, 6.07) is 14.0. The summed E-state index contributed by atoms with van der Waals surface area (Å²) >= 11 is 7.44. The quantitative estimate of drug-likeness (QED) is 0.487. The van der Waals surface area contributed by atoms with Gasteiger partial charge < -0.3 is 5.32 Å². The van der Waals surface area contributed by atoms with Gasteiger partial charge in [-0.2, -0.15) is 0 Å². The minimum atomic E-state index is -0.584. The average molecular weight is 388 g/mol. The molecule has 0 aliphatic rings. The molecule has 0 saturated carbocycles. The molecule has 1 amide bonds. The van der Waals surface area contributed by atoms with Gasteiger partial charge in [-0.3, -0.25) is 4.79 Å². The molecule has 0 radical (unpaired) electrons. The zero-order chi connectivity index (χ0) is 18.5. The number of rotatable bonds is 5. The molecular weight excluding hydrogens is 373 g/mol. The number of nitrogens with zero attached hydrogens (tertiary/aromatic N) is 2. The van der Waals surface area contributed by atoms with Crippen LogP contribution in [0.25, 0.3) is 0 Å². The van der Waals surface area contributed by atoms with Crippen molar-refractivity contribution in [2.24, 2.45) is 0 Å². The van der Waals surface area contributed by atoms with E-state index in [4.69, 9.17) is 11.6 Å². The molecule has 4 nitrogen and oxygen atoms in total. The summed E-state index contributed by atoms with van der Waals surface area (Å²) in [6.45, 7) is 2.03. The molecule has 132 valence electrons. The van der Waals surface area contributed by atoms with Crippen LogP contribution >= 0.6 is 23.4 Å². The van der Waals surface area contributed by atoms with Gasteiger partial charge in [0.25, 0.3) is 5.91 Å². The molecule has 0 bridgehead atoms. The second-order valence-corrected chi connectivity index (χ2v) is 6.91. The third-order valence-electron chi connectivity index (χ3n) is 3.55. The Labute approximate surface area is 159 Å². The van der Waals surface area contributed by atoms with E-state index in [-0.39, 0.29) is 16.4 Å². The van der Waals surface area contributed by atoms with Crippen molar-refractivity contribution in [3.63, 3.8) is 0 Å². The summed E-state index contributed by atoms with van der Waals surface area (Å²) in [5.74, 6) is -0.448. The van der Waals surface area contributed by atoms with Crippen molar-refractivity contribution >= 4 is 35.0 Å². The topological polar surface area (TPSA) is 54.9 Å². The number of hydrogen-bond acceptors (Lipinski definition) is 4. The van der Waals surface area contributed by atoms with Crippen LogP contribution in [0.2, 0.25) is 5.02 Å². The van der Waals surface area contributed by atoms with Gasteiger partial charge in [0.05, 0.1) is 16.9 Å². The number of thioether (sulfide) groups is 1. The Hall–Kier alpha value is -2.44. The van der Waals surface area contributed by atoms with Crippen LogP contribution in [0.5, 0.6) is 0 Å². The highest BCUT2D eigenvalue weighted by molar-refractivity contribution is 7.98. The van der Waals surface area contributed by atoms with Gasteiger partial charge in [0, 0.05) is 5.75 Å². The van der Waals surface area contributed by atoms with Crippen molar-refractivity contribution in [3.8, 4) is 0 Å². The Morgan fingerprint density at radius 2 is 1.92 bits per heavy atom. The van der Waals surface area contributed by atoms with E-state index in [0.29, 0.717) is 10.9 Å². The minimum Gasteiger partial charge on any atom is -0.318 e. The van der Waals surface area contributed by atoms with Crippen LogP contribution in [0, 0.1) is 12.7 Å². The number of anilines is 1. The zero-order valence-corrected chi connectivity index (χ0v) is 15.4. The maximum absolute atomic E-state index is 13.7. The fourth-order valence-electron chi connectivity index (χ4n) is 2.16. The number of carbonyl (C=O) groups excluding carboxylic acids is 1. The highest BCUT2D eigenvalue weighted by Gasteiger charge is 2.16. The first kappa shape index (κ1) is 18.4. The van der Waals surface area contributed by atoms with E-state index in [1.165, 1.54) is 35.7 Å². The Morgan fingerprint density at radius 3 is 2.65 bits per heavy atom. The lowest BCUT2D eigenvalue weighted by Gasteiger charge is -2.08. The van der Waals surface area contributed by atoms with E-state index in [1.807, 2.05) is 31.2 Å². The minimum absolute atomic E-state index is 0.0105. The molecule has 0 atom stereocenters. The van der Waals surface area contributed by atoms with E-state index in [0.717, 1.165) is 5.56 Å². The number of nitrogens with one attached hydrogen (secondary N) is 1. The number of aryl methyl sites for hydroxylation is 1. The predicted molar refractivity (Wildman–Crippen MR) is 102 cm³/mol. The maximum atomic E-state index is 13.7. The van der Waals surface area contributed by atoms with Crippen molar-refractivity contribution in [1.29, 1.82) is 0 Å². The lowest BCUT2D eigenvalue weighted by molar-refractivity contribution is 0.102. The van der Waals surface area contributed by atoms with Gasteiger partial charge in [0.15, 0.2) is 10.9 Å². The fraction of sp³-hybridized carbons (Fsp3) is 0.105. The lowest BCUT2D eigenvalue weighted by Crippen LogP contribution is -2.16. The summed E-state index contributed by atoms with van der Waals surface area (Å²) in [5.41, 5.74) is 2.39. The number of para-hydroxylation sites is 1. The van der Waals surface area contributed by atoms with Crippen LogP contribution in [0.3, 0.4) is 0 Å². The van der Waals surface area contributed by atoms with Crippen LogP contribution in [-0.4, -0.2) is 15.9 Å². The molecular formula is C19H15ClFN3OS. The van der Waals surface area contributed by atoms with Crippen LogP contribution in [0.15, 0.2) is 59.9 Å². The van der Waals surface area contributed by atoms with Gasteiger partial charge in [0.1, 0.15) is 5.82 Å². The van der Waals surface area contributed by atoms with Gasteiger partial charge in [-0.1, -0.05) is 65.3 Å². The van der Waals surface area contributed by atoms with E-state index in [1.54, 1.807) is 12.1 Å². The van der Waals surface area contributed by atoms with Gasteiger partial charge >= 0.3 is 0 Å². The van der Waals surface area contributed by atoms with Crippen molar-refractivity contribution in [1.82, 2.24) is 9.97 Å². The molecule has 0 aliphatic heterocycles. The van der Waals surface area contributed by atoms with Crippen molar-refractivity contribution in [3.05, 3.63) is 82.4 Å². The first-order valence-electron chi connectivity index (χ1n) is 7.79. The van der Waals surface area contributed by atoms with Gasteiger partial charge in [0.2, 0.25) is 0 Å². The van der Waals surface area contributed by atoms with Crippen molar-refractivity contribution < 1.29 is 9.18 Å². The smallest absolute Gasteiger partial charge is 0.276 e. The van der Waals surface area contributed by atoms with E-state index >= 15 is 0 Å². The molecule has 0 unspecified atom stereocenters. The SMILES string of the molecule is Cc1ccc(CSc2ncc(Cl)c(C(=O)Nc3ccccc3F)n2)cc1. The zero-order valence-electron chi connectivity index (χ0n) is 13.9. The summed E-state index contributed by atoms with van der Waals surface area (Å²) in [7, 11) is 0. The van der Waals surface area contributed by atoms with Crippen LogP contribution in [-0.2, 0) is 5.75 Å². The molecule has 1 aromatic heterocycles. The first-order chi connectivity index (χ1) is 12.5. The average Bonchev–Trinajstić information content (AvgIpc) is 2.64. The van der Waals surface area contributed by atoms with E-state index in [2.05, 4.69) is 15.3 Å². The van der Waals surface area contributed by atoms with Crippen molar-refractivity contribution in [2.45, 2.75) is 17.8 Å². The summed E-state index contributed by atoms with van der Waals surface area (Å²) in [5, 5.41) is 3.01. The third-order valence-corrected chi connectivity index (χ3v) is 4.76. The number of halogens is 2. The molecule has 0 fully saturated rings. The highest BCUT2D eigenvalue weighted by atomic mass is 35.5. The molecule has 0 spiro atoms. The Kier molecular flexibility index (Phi) is 5.85. The normalized spacial score (nSPS) is 10.6. The highest BCUT2D eigenvalue weighted by Crippen LogP contribution is 2.23. The molecule has 1 heterocycles. The summed E-state index contributed by atoms with van der Waals surface area (Å²) < 4.78 is 13.7. The fourth-order valence-corrected chi connectivity index (χ4v) is 3.10. The van der Waals surface area contributed by atoms with E-state index in [9.17, 15) is 9.18 Å². The standard InChI is InChI=1S/C19H15ClFN3OS/c1-12-6-8-13(9-7-12)11-26-19-22-10-14(20)17(24-19)18(25)23-16-5-3-2-4-15(16)21/h2-10H,11H2,1H3,(H,23,25). The number of benzene rings is 2. The molecule has 2 aromatic carbocycles. The molecule has 3 rings (SSSR count). The summed E-state index contributed by atoms with van der Waals surface area (Å²) in [6.07, 6.45) is 1.38. The monoisotopic (exact) mass is 387 g/mol. The maximum Gasteiger partial charge on any atom is 0.276 e. The van der Waals surface area contributed by atoms with E-state index < -0.39 is 11.7 Å². The molecule has 1 N–H and O–H groups in total. The number of carbonyl (C=O) groups is 1. The molecule has 3 aromatic rings. The largest absolute Gasteiger partial charge is 0.318 e. The molecule has 26 heavy (non-hydrogen) atoms. The Bertz CT molecular complexity index is 934. The van der Waals surface area contributed by atoms with Crippen LogP contribution < -0.4 is 5.32 Å². The van der Waals surface area contributed by atoms with Gasteiger partial charge in [-0.05, 0) is 24.6 Å².